The predicted molar refractivity (Wildman–Crippen MR) is 67.5 cm³/mol. The lowest BCUT2D eigenvalue weighted by atomic mass is 10.0. The van der Waals surface area contributed by atoms with E-state index in [1.54, 1.807) is 0 Å². The summed E-state index contributed by atoms with van der Waals surface area (Å²) >= 11 is 0. The Morgan fingerprint density at radius 3 is 2.94 bits per heavy atom. The first-order chi connectivity index (χ1) is 8.68. The Labute approximate surface area is 106 Å². The lowest BCUT2D eigenvalue weighted by Gasteiger charge is -2.10. The maximum absolute atomic E-state index is 13.5. The first-order valence-corrected chi connectivity index (χ1v) is 6.36. The van der Waals surface area contributed by atoms with Crippen LogP contribution in [0.2, 0.25) is 0 Å². The highest BCUT2D eigenvalue weighted by Gasteiger charge is 2.17. The van der Waals surface area contributed by atoms with Gasteiger partial charge in [-0.1, -0.05) is 25.7 Å². The average molecular weight is 251 g/mol. The fourth-order valence-corrected chi connectivity index (χ4v) is 2.42. The minimum Gasteiger partial charge on any atom is -0.381 e. The number of nitrogens with one attached hydrogen (secondary N) is 1. The van der Waals surface area contributed by atoms with Crippen LogP contribution in [0.1, 0.15) is 42.5 Å². The van der Waals surface area contributed by atoms with Crippen molar-refractivity contribution >= 4 is 11.7 Å². The fraction of sp³-hybridized carbons (Fsp3) is 0.538. The summed E-state index contributed by atoms with van der Waals surface area (Å²) in [5.41, 5.74) is 5.29. The van der Waals surface area contributed by atoms with Crippen molar-refractivity contribution in [2.75, 3.05) is 12.3 Å². The third-order valence-corrected chi connectivity index (χ3v) is 3.47. The van der Waals surface area contributed by atoms with E-state index in [1.807, 2.05) is 0 Å². The number of aromatic nitrogens is 1. The van der Waals surface area contributed by atoms with E-state index >= 15 is 0 Å². The fourth-order valence-electron chi connectivity index (χ4n) is 2.42. The van der Waals surface area contributed by atoms with E-state index < -0.39 is 11.7 Å². The molecule has 0 spiro atoms. The van der Waals surface area contributed by atoms with Gasteiger partial charge >= 0.3 is 0 Å². The van der Waals surface area contributed by atoms with Gasteiger partial charge in [0.15, 0.2) is 11.6 Å². The molecule has 1 fully saturated rings. The number of nitrogen functional groups attached to an aromatic ring is 1. The Bertz CT molecular complexity index is 430. The molecule has 5 heteroatoms. The van der Waals surface area contributed by atoms with Crippen LogP contribution in [0.15, 0.2) is 12.3 Å². The maximum Gasteiger partial charge on any atom is 0.254 e. The number of nitrogens with zero attached hydrogens (tertiary/aromatic N) is 1. The predicted octanol–water partition coefficient (Wildman–Crippen LogP) is 2.11. The van der Waals surface area contributed by atoms with Gasteiger partial charge in [-0.25, -0.2) is 9.37 Å². The molecule has 0 aromatic carbocycles. The number of anilines is 1. The van der Waals surface area contributed by atoms with E-state index in [-0.39, 0.29) is 11.4 Å². The summed E-state index contributed by atoms with van der Waals surface area (Å²) in [7, 11) is 0. The van der Waals surface area contributed by atoms with Gasteiger partial charge in [0.2, 0.25) is 0 Å². The van der Waals surface area contributed by atoms with Crippen LogP contribution in [-0.4, -0.2) is 17.4 Å². The zero-order chi connectivity index (χ0) is 13.0. The summed E-state index contributed by atoms with van der Waals surface area (Å²) in [5.74, 6) is -0.688. The standard InChI is InChI=1S/C13H18FN3O/c14-11-10(6-8-16-12(11)15)13(18)17-7-5-9-3-1-2-4-9/h6,8-9H,1-5,7H2,(H2,15,16)(H,17,18). The summed E-state index contributed by atoms with van der Waals surface area (Å²) < 4.78 is 13.5. The molecule has 1 heterocycles. The Kier molecular flexibility index (Phi) is 4.12. The van der Waals surface area contributed by atoms with E-state index in [1.165, 1.54) is 37.9 Å². The van der Waals surface area contributed by atoms with E-state index in [2.05, 4.69) is 10.3 Å². The van der Waals surface area contributed by atoms with Crippen molar-refractivity contribution in [2.24, 2.45) is 5.92 Å². The summed E-state index contributed by atoms with van der Waals surface area (Å²) in [5, 5.41) is 2.73. The maximum atomic E-state index is 13.5. The molecule has 1 aliphatic rings. The highest BCUT2D eigenvalue weighted by Crippen LogP contribution is 2.26. The Morgan fingerprint density at radius 2 is 2.22 bits per heavy atom. The van der Waals surface area contributed by atoms with Crippen molar-refractivity contribution in [1.82, 2.24) is 10.3 Å². The molecule has 0 saturated heterocycles. The van der Waals surface area contributed by atoms with Crippen LogP contribution >= 0.6 is 0 Å². The van der Waals surface area contributed by atoms with Crippen molar-refractivity contribution in [2.45, 2.75) is 32.1 Å². The minimum absolute atomic E-state index is 0.0334. The van der Waals surface area contributed by atoms with Crippen LogP contribution in [0.5, 0.6) is 0 Å². The number of carbonyl (C=O) groups excluding carboxylic acids is 1. The van der Waals surface area contributed by atoms with E-state index in [9.17, 15) is 9.18 Å². The summed E-state index contributed by atoms with van der Waals surface area (Å²) in [6, 6.07) is 1.34. The highest BCUT2D eigenvalue weighted by atomic mass is 19.1. The van der Waals surface area contributed by atoms with Crippen molar-refractivity contribution in [1.29, 1.82) is 0 Å². The quantitative estimate of drug-likeness (QED) is 0.861. The summed E-state index contributed by atoms with van der Waals surface area (Å²) in [4.78, 5) is 15.3. The number of amides is 1. The van der Waals surface area contributed by atoms with Gasteiger partial charge in [0.05, 0.1) is 5.56 Å². The van der Waals surface area contributed by atoms with Crippen molar-refractivity contribution in [3.8, 4) is 0 Å². The molecule has 1 aromatic heterocycles. The SMILES string of the molecule is Nc1nccc(C(=O)NCCC2CCCC2)c1F. The lowest BCUT2D eigenvalue weighted by Crippen LogP contribution is -2.26. The molecule has 1 amide bonds. The molecule has 4 nitrogen and oxygen atoms in total. The summed E-state index contributed by atoms with van der Waals surface area (Å²) in [6.07, 6.45) is 7.36. The normalized spacial score (nSPS) is 15.8. The van der Waals surface area contributed by atoms with Gasteiger partial charge in [-0.05, 0) is 18.4 Å². The lowest BCUT2D eigenvalue weighted by molar-refractivity contribution is 0.0947. The zero-order valence-electron chi connectivity index (χ0n) is 10.3. The third kappa shape index (κ3) is 2.97. The van der Waals surface area contributed by atoms with Crippen molar-refractivity contribution in [3.63, 3.8) is 0 Å². The zero-order valence-corrected chi connectivity index (χ0v) is 10.3. The average Bonchev–Trinajstić information content (AvgIpc) is 2.85. The van der Waals surface area contributed by atoms with Crippen LogP contribution in [0.25, 0.3) is 0 Å². The second kappa shape index (κ2) is 5.80. The number of pyridine rings is 1. The monoisotopic (exact) mass is 251 g/mol. The number of halogens is 1. The second-order valence-electron chi connectivity index (χ2n) is 4.75. The second-order valence-corrected chi connectivity index (χ2v) is 4.75. The number of carbonyl (C=O) groups is 1. The molecule has 3 N–H and O–H groups in total. The Balaban J connectivity index is 1.85. The first-order valence-electron chi connectivity index (χ1n) is 6.36. The first kappa shape index (κ1) is 12.8. The van der Waals surface area contributed by atoms with Crippen molar-refractivity contribution in [3.05, 3.63) is 23.6 Å². The number of rotatable bonds is 4. The van der Waals surface area contributed by atoms with Crippen LogP contribution in [0.3, 0.4) is 0 Å². The summed E-state index contributed by atoms with van der Waals surface area (Å²) in [6.45, 7) is 0.588. The highest BCUT2D eigenvalue weighted by molar-refractivity contribution is 5.95. The molecule has 98 valence electrons. The van der Waals surface area contributed by atoms with Crippen LogP contribution in [0.4, 0.5) is 10.2 Å². The van der Waals surface area contributed by atoms with Gasteiger partial charge in [-0.15, -0.1) is 0 Å². The van der Waals surface area contributed by atoms with Gasteiger partial charge in [-0.2, -0.15) is 0 Å². The molecule has 2 rings (SSSR count). The van der Waals surface area contributed by atoms with E-state index in [0.717, 1.165) is 6.42 Å². The van der Waals surface area contributed by atoms with Crippen LogP contribution < -0.4 is 11.1 Å². The topological polar surface area (TPSA) is 68.0 Å². The number of hydrogen-bond donors (Lipinski definition) is 2. The molecule has 0 radical (unpaired) electrons. The Morgan fingerprint density at radius 1 is 1.50 bits per heavy atom. The number of hydrogen-bond acceptors (Lipinski definition) is 3. The van der Waals surface area contributed by atoms with Gasteiger partial charge in [-0.3, -0.25) is 4.79 Å². The van der Waals surface area contributed by atoms with Gasteiger partial charge in [0.1, 0.15) is 0 Å². The minimum atomic E-state index is -0.740. The smallest absolute Gasteiger partial charge is 0.254 e. The molecule has 0 bridgehead atoms. The molecule has 18 heavy (non-hydrogen) atoms. The molecule has 0 aliphatic heterocycles. The van der Waals surface area contributed by atoms with Crippen LogP contribution in [0, 0.1) is 11.7 Å². The van der Waals surface area contributed by atoms with Crippen LogP contribution in [-0.2, 0) is 0 Å². The molecule has 1 saturated carbocycles. The van der Waals surface area contributed by atoms with E-state index in [4.69, 9.17) is 5.73 Å². The molecule has 0 unspecified atom stereocenters. The molecule has 1 aliphatic carbocycles. The van der Waals surface area contributed by atoms with Gasteiger partial charge in [0.25, 0.3) is 5.91 Å². The third-order valence-electron chi connectivity index (χ3n) is 3.47. The molecular weight excluding hydrogens is 233 g/mol. The van der Waals surface area contributed by atoms with Crippen molar-refractivity contribution < 1.29 is 9.18 Å². The number of nitrogens with two attached hydrogens (primary N) is 1. The van der Waals surface area contributed by atoms with Gasteiger partial charge < -0.3 is 11.1 Å². The largest absolute Gasteiger partial charge is 0.381 e. The molecule has 1 aromatic rings. The molecular formula is C13H18FN3O. The molecule has 0 atom stereocenters. The van der Waals surface area contributed by atoms with E-state index in [0.29, 0.717) is 12.5 Å². The Hall–Kier alpha value is -1.65. The van der Waals surface area contributed by atoms with Gasteiger partial charge in [0, 0.05) is 12.7 Å².